The quantitative estimate of drug-likeness (QED) is 0.277. The van der Waals surface area contributed by atoms with Crippen LogP contribution in [0.5, 0.6) is 0 Å². The van der Waals surface area contributed by atoms with Crippen molar-refractivity contribution in [1.29, 1.82) is 5.26 Å². The van der Waals surface area contributed by atoms with Gasteiger partial charge in [-0.1, -0.05) is 18.7 Å². The number of carbonyl (C=O) groups excluding carboxylic acids is 2. The van der Waals surface area contributed by atoms with Gasteiger partial charge < -0.3 is 30.0 Å². The van der Waals surface area contributed by atoms with Crippen molar-refractivity contribution in [3.63, 3.8) is 0 Å². The van der Waals surface area contributed by atoms with Crippen LogP contribution in [0.2, 0.25) is 0 Å². The molecule has 1 heterocycles. The highest BCUT2D eigenvalue weighted by molar-refractivity contribution is 7.16. The second-order valence-corrected chi connectivity index (χ2v) is 7.91. The molecule has 1 aliphatic carbocycles. The van der Waals surface area contributed by atoms with E-state index in [9.17, 15) is 14.9 Å². The maximum atomic E-state index is 11.5. The van der Waals surface area contributed by atoms with Crippen LogP contribution in [0.15, 0.2) is 36.6 Å². The summed E-state index contributed by atoms with van der Waals surface area (Å²) < 4.78 is 10.3. The molecule has 1 aromatic rings. The second-order valence-electron chi connectivity index (χ2n) is 6.81. The van der Waals surface area contributed by atoms with Crippen molar-refractivity contribution in [2.24, 2.45) is 0 Å². The predicted molar refractivity (Wildman–Crippen MR) is 126 cm³/mol. The van der Waals surface area contributed by atoms with Crippen LogP contribution in [0, 0.1) is 11.3 Å². The van der Waals surface area contributed by atoms with Crippen LogP contribution in [0.25, 0.3) is 0 Å². The maximum absolute atomic E-state index is 11.5. The number of nitrogens with zero attached hydrogens (tertiary/aromatic N) is 1. The number of fused-ring (bicyclic) bond motifs is 1. The van der Waals surface area contributed by atoms with E-state index in [1.54, 1.807) is 37.6 Å². The lowest BCUT2D eigenvalue weighted by molar-refractivity contribution is -0.107. The molecule has 1 atom stereocenters. The summed E-state index contributed by atoms with van der Waals surface area (Å²) in [6, 6.07) is 2.24. The largest absolute Gasteiger partial charge is 0.497 e. The number of nitriles is 1. The number of anilines is 1. The maximum Gasteiger partial charge on any atom is 0.407 e. The molecule has 0 aliphatic heterocycles. The number of methoxy groups -OCH3 is 1. The zero-order valence-corrected chi connectivity index (χ0v) is 19.4. The number of carbonyl (C=O) groups is 2. The molecular weight excluding hydrogens is 430 g/mol. The average molecular weight is 462 g/mol. The van der Waals surface area contributed by atoms with E-state index >= 15 is 0 Å². The van der Waals surface area contributed by atoms with Crippen molar-refractivity contribution in [3.8, 4) is 6.07 Å². The van der Waals surface area contributed by atoms with Gasteiger partial charge in [-0.05, 0) is 37.0 Å². The molecule has 9 heteroatoms. The Morgan fingerprint density at radius 1 is 1.47 bits per heavy atom. The molecule has 174 valence electrons. The van der Waals surface area contributed by atoms with Gasteiger partial charge in [-0.25, -0.2) is 4.79 Å². The van der Waals surface area contributed by atoms with Gasteiger partial charge in [-0.3, -0.25) is 0 Å². The first-order chi connectivity index (χ1) is 15.4. The number of aliphatic hydroxyl groups is 1. The van der Waals surface area contributed by atoms with Crippen molar-refractivity contribution >= 4 is 28.7 Å². The number of hydrogen-bond donors (Lipinski definition) is 3. The zero-order chi connectivity index (χ0) is 23.9. The van der Waals surface area contributed by atoms with Crippen LogP contribution >= 0.6 is 11.3 Å². The number of amides is 1. The van der Waals surface area contributed by atoms with E-state index < -0.39 is 6.09 Å². The highest BCUT2D eigenvalue weighted by atomic mass is 32.1. The third-order valence-corrected chi connectivity index (χ3v) is 5.85. The highest BCUT2D eigenvalue weighted by Gasteiger charge is 2.27. The monoisotopic (exact) mass is 461 g/mol. The first kappa shape index (κ1) is 26.9. The van der Waals surface area contributed by atoms with Crippen LogP contribution in [-0.2, 0) is 27.1 Å². The van der Waals surface area contributed by atoms with Crippen LogP contribution in [0.3, 0.4) is 0 Å². The molecule has 0 saturated heterocycles. The molecule has 0 aromatic carbocycles. The van der Waals surface area contributed by atoms with Gasteiger partial charge in [0.2, 0.25) is 0 Å². The molecule has 0 spiro atoms. The van der Waals surface area contributed by atoms with Gasteiger partial charge >= 0.3 is 6.09 Å². The summed E-state index contributed by atoms with van der Waals surface area (Å²) in [5.74, 6) is 0.672. The molecule has 1 aliphatic rings. The van der Waals surface area contributed by atoms with E-state index in [0.717, 1.165) is 39.3 Å². The summed E-state index contributed by atoms with van der Waals surface area (Å²) in [6.07, 6.45) is 6.86. The number of aldehydes is 1. The third kappa shape index (κ3) is 8.57. The Bertz CT molecular complexity index is 870. The number of hydrogen-bond acceptors (Lipinski definition) is 8. The summed E-state index contributed by atoms with van der Waals surface area (Å²) in [7, 11) is 3.37. The Morgan fingerprint density at radius 2 is 2.22 bits per heavy atom. The number of thiophene rings is 1. The van der Waals surface area contributed by atoms with E-state index in [1.165, 1.54) is 0 Å². The number of aliphatic hydroxyl groups excluding tert-OH is 1. The topological polar surface area (TPSA) is 121 Å². The molecule has 3 N–H and O–H groups in total. The van der Waals surface area contributed by atoms with Gasteiger partial charge in [0.15, 0.2) is 0 Å². The van der Waals surface area contributed by atoms with Gasteiger partial charge in [0, 0.05) is 31.3 Å². The van der Waals surface area contributed by atoms with E-state index in [4.69, 9.17) is 14.6 Å². The van der Waals surface area contributed by atoms with Crippen LogP contribution in [-0.4, -0.2) is 50.9 Å². The SMILES string of the molecule is C=C/C(=C\C(=C)CCC=O)OC.CNc1sc2c(c1C#N)CCC(OC(=O)NCCO)C2. The molecule has 8 nitrogen and oxygen atoms in total. The fraction of sp³-hybridized carbons (Fsp3) is 0.435. The minimum Gasteiger partial charge on any atom is -0.497 e. The van der Waals surface area contributed by atoms with Crippen LogP contribution in [0.1, 0.15) is 35.3 Å². The minimum absolute atomic E-state index is 0.105. The van der Waals surface area contributed by atoms with Crippen LogP contribution in [0.4, 0.5) is 9.80 Å². The fourth-order valence-electron chi connectivity index (χ4n) is 3.02. The van der Waals surface area contributed by atoms with Gasteiger partial charge in [0.1, 0.15) is 29.2 Å². The summed E-state index contributed by atoms with van der Waals surface area (Å²) in [5.41, 5.74) is 2.67. The Kier molecular flexibility index (Phi) is 12.5. The van der Waals surface area contributed by atoms with E-state index in [0.29, 0.717) is 31.4 Å². The number of allylic oxidation sites excluding steroid dienone is 3. The van der Waals surface area contributed by atoms with Crippen molar-refractivity contribution in [3.05, 3.63) is 52.6 Å². The lowest BCUT2D eigenvalue weighted by Gasteiger charge is -2.22. The van der Waals surface area contributed by atoms with Crippen molar-refractivity contribution in [2.75, 3.05) is 32.6 Å². The number of nitrogens with one attached hydrogen (secondary N) is 2. The molecule has 1 aromatic heterocycles. The Balaban J connectivity index is 0.000000368. The molecule has 0 fully saturated rings. The Morgan fingerprint density at radius 3 is 2.78 bits per heavy atom. The van der Waals surface area contributed by atoms with Gasteiger partial charge in [0.05, 0.1) is 19.3 Å². The molecule has 0 radical (unpaired) electrons. The van der Waals surface area contributed by atoms with Crippen molar-refractivity contribution < 1.29 is 24.2 Å². The smallest absolute Gasteiger partial charge is 0.407 e. The summed E-state index contributed by atoms with van der Waals surface area (Å²) in [6.45, 7) is 7.41. The lowest BCUT2D eigenvalue weighted by atomic mass is 9.94. The highest BCUT2D eigenvalue weighted by Crippen LogP contribution is 2.38. The third-order valence-electron chi connectivity index (χ3n) is 4.58. The first-order valence-electron chi connectivity index (χ1n) is 10.2. The second kappa shape index (κ2) is 14.8. The Labute approximate surface area is 193 Å². The summed E-state index contributed by atoms with van der Waals surface area (Å²) in [5, 5.41) is 24.2. The predicted octanol–water partition coefficient (Wildman–Crippen LogP) is 3.48. The normalized spacial score (nSPS) is 14.6. The molecule has 1 unspecified atom stereocenters. The number of alkyl carbamates (subject to hydrolysis) is 1. The van der Waals surface area contributed by atoms with E-state index in [2.05, 4.69) is 29.9 Å². The summed E-state index contributed by atoms with van der Waals surface area (Å²) in [4.78, 5) is 22.6. The van der Waals surface area contributed by atoms with Crippen LogP contribution < -0.4 is 10.6 Å². The summed E-state index contributed by atoms with van der Waals surface area (Å²) >= 11 is 1.55. The average Bonchev–Trinajstić information content (AvgIpc) is 3.17. The van der Waals surface area contributed by atoms with Crippen molar-refractivity contribution in [2.45, 2.75) is 38.2 Å². The van der Waals surface area contributed by atoms with Gasteiger partial charge in [-0.15, -0.1) is 11.3 Å². The molecule has 1 amide bonds. The minimum atomic E-state index is -0.501. The Hall–Kier alpha value is -3.09. The number of rotatable bonds is 10. The van der Waals surface area contributed by atoms with Gasteiger partial charge in [-0.2, -0.15) is 5.26 Å². The van der Waals surface area contributed by atoms with Crippen molar-refractivity contribution in [1.82, 2.24) is 5.32 Å². The molecule has 0 bridgehead atoms. The molecule has 2 rings (SSSR count). The van der Waals surface area contributed by atoms with E-state index in [1.807, 2.05) is 0 Å². The lowest BCUT2D eigenvalue weighted by Crippen LogP contribution is -2.33. The molecule has 32 heavy (non-hydrogen) atoms. The zero-order valence-electron chi connectivity index (χ0n) is 18.6. The fourth-order valence-corrected chi connectivity index (χ4v) is 4.24. The molecule has 0 saturated carbocycles. The first-order valence-corrected chi connectivity index (χ1v) is 11.0. The van der Waals surface area contributed by atoms with Gasteiger partial charge in [0.25, 0.3) is 0 Å². The molecular formula is C23H31N3O5S. The van der Waals surface area contributed by atoms with E-state index in [-0.39, 0.29) is 19.3 Å². The standard InChI is InChI=1S/C13H17N3O3S.C10H14O2/c1-15-12-10(7-14)9-3-2-8(6-11(9)20-12)19-13(18)16-4-5-17;1-4-10(12-3)8-9(2)6-5-7-11/h8,15,17H,2-6H2,1H3,(H,16,18);4,7-8H,1-2,5-6H2,3H3/b;10-8+. The number of ether oxygens (including phenoxy) is 2.